The van der Waals surface area contributed by atoms with Gasteiger partial charge >= 0.3 is 11.6 Å². The van der Waals surface area contributed by atoms with E-state index in [0.717, 1.165) is 18.4 Å². The van der Waals surface area contributed by atoms with E-state index in [1.165, 1.54) is 32.1 Å². The molecule has 1 aliphatic carbocycles. The number of halogens is 1. The van der Waals surface area contributed by atoms with Gasteiger partial charge in [0.15, 0.2) is 0 Å². The van der Waals surface area contributed by atoms with E-state index in [4.69, 9.17) is 20.2 Å². The van der Waals surface area contributed by atoms with Gasteiger partial charge in [0.25, 0.3) is 0 Å². The molecule has 14 heavy (non-hydrogen) atoms. The fraction of sp³-hybridized carbons (Fsp3) is 1.00. The predicted molar refractivity (Wildman–Crippen MR) is 58.5 cm³/mol. The Morgan fingerprint density at radius 3 is 2.00 bits per heavy atom. The molecular weight excluding hydrogens is 222 g/mol. The molecule has 0 aromatic carbocycles. The van der Waals surface area contributed by atoms with Crippen LogP contribution in [0.4, 0.5) is 0 Å². The van der Waals surface area contributed by atoms with Crippen molar-refractivity contribution in [3.8, 4) is 0 Å². The summed E-state index contributed by atoms with van der Waals surface area (Å²) in [5, 5.41) is 0. The zero-order valence-electron chi connectivity index (χ0n) is 8.50. The van der Waals surface area contributed by atoms with Crippen LogP contribution in [0.5, 0.6) is 0 Å². The summed E-state index contributed by atoms with van der Waals surface area (Å²) in [6, 6.07) is 0. The van der Waals surface area contributed by atoms with E-state index in [2.05, 4.69) is 11.8 Å². The van der Waals surface area contributed by atoms with Gasteiger partial charge in [-0.1, -0.05) is 26.2 Å². The number of hydrogen-bond donors (Lipinski definition) is 1. The maximum Gasteiger partial charge on any atom is 0.335 e. The second-order valence-electron chi connectivity index (χ2n) is 3.70. The molecule has 84 valence electrons. The number of nitrogens with one attached hydrogen (secondary N) is 1. The molecule has 1 saturated carbocycles. The summed E-state index contributed by atoms with van der Waals surface area (Å²) in [6.07, 6.45) is 6.94. The molecule has 0 aliphatic heterocycles. The van der Waals surface area contributed by atoms with Crippen molar-refractivity contribution in [3.63, 3.8) is 0 Å². The summed E-state index contributed by atoms with van der Waals surface area (Å²) in [5.74, 6) is 1.84. The van der Waals surface area contributed by atoms with Gasteiger partial charge in [-0.3, -0.25) is 0 Å². The van der Waals surface area contributed by atoms with Crippen molar-refractivity contribution in [1.82, 2.24) is 4.84 Å². The van der Waals surface area contributed by atoms with Crippen molar-refractivity contribution in [2.24, 2.45) is 11.8 Å². The third-order valence-electron chi connectivity index (χ3n) is 2.91. The van der Waals surface area contributed by atoms with Crippen molar-refractivity contribution in [2.75, 3.05) is 6.54 Å². The number of hydrogen-bond acceptors (Lipinski definition) is 3. The molecule has 0 aromatic heterocycles. The van der Waals surface area contributed by atoms with Crippen LogP contribution in [0.2, 0.25) is 0 Å². The lowest BCUT2D eigenvalue weighted by Gasteiger charge is -2.26. The Labute approximate surface area is 94.3 Å². The SMILES string of the molecule is CCC1CCC(CNCl)CC1.O=S=O. The lowest BCUT2D eigenvalue weighted by atomic mass is 9.81. The molecule has 0 spiro atoms. The first-order valence-electron chi connectivity index (χ1n) is 5.03. The van der Waals surface area contributed by atoms with Crippen molar-refractivity contribution in [2.45, 2.75) is 39.0 Å². The molecule has 5 heteroatoms. The molecule has 0 unspecified atom stereocenters. The molecular formula is C9H18ClNO2S. The topological polar surface area (TPSA) is 46.2 Å². The highest BCUT2D eigenvalue weighted by Gasteiger charge is 2.18. The molecule has 0 radical (unpaired) electrons. The van der Waals surface area contributed by atoms with Crippen LogP contribution >= 0.6 is 11.8 Å². The zero-order valence-corrected chi connectivity index (χ0v) is 10.1. The van der Waals surface area contributed by atoms with Crippen molar-refractivity contribution in [3.05, 3.63) is 0 Å². The molecule has 0 atom stereocenters. The molecule has 0 bridgehead atoms. The molecule has 0 heterocycles. The minimum Gasteiger partial charge on any atom is -0.233 e. The molecule has 1 fully saturated rings. The third-order valence-corrected chi connectivity index (χ3v) is 3.06. The van der Waals surface area contributed by atoms with E-state index in [1.54, 1.807) is 0 Å². The Morgan fingerprint density at radius 1 is 1.21 bits per heavy atom. The summed E-state index contributed by atoms with van der Waals surface area (Å²) < 4.78 is 16.6. The van der Waals surface area contributed by atoms with Gasteiger partial charge in [0.05, 0.1) is 0 Å². The Hall–Kier alpha value is 0.0700. The molecule has 3 nitrogen and oxygen atoms in total. The molecule has 1 rings (SSSR count). The summed E-state index contributed by atoms with van der Waals surface area (Å²) in [5.41, 5.74) is 0. The number of rotatable bonds is 3. The van der Waals surface area contributed by atoms with Crippen molar-refractivity contribution >= 4 is 23.3 Å². The van der Waals surface area contributed by atoms with Crippen LogP contribution in [0.25, 0.3) is 0 Å². The molecule has 0 amide bonds. The second-order valence-corrected chi connectivity index (χ2v) is 4.10. The summed E-state index contributed by atoms with van der Waals surface area (Å²) in [4.78, 5) is 2.74. The molecule has 1 N–H and O–H groups in total. The average molecular weight is 240 g/mol. The van der Waals surface area contributed by atoms with Crippen LogP contribution in [0.15, 0.2) is 0 Å². The third kappa shape index (κ3) is 6.51. The van der Waals surface area contributed by atoms with Gasteiger partial charge in [-0.05, 0) is 36.5 Å². The smallest absolute Gasteiger partial charge is 0.233 e. The minimum atomic E-state index is -0.750. The van der Waals surface area contributed by atoms with Gasteiger partial charge in [0.1, 0.15) is 0 Å². The maximum absolute atomic E-state index is 8.29. The van der Waals surface area contributed by atoms with Gasteiger partial charge in [0, 0.05) is 6.54 Å². The fourth-order valence-electron chi connectivity index (χ4n) is 1.95. The van der Waals surface area contributed by atoms with E-state index in [1.807, 2.05) is 0 Å². The van der Waals surface area contributed by atoms with E-state index in [9.17, 15) is 0 Å². The minimum absolute atomic E-state index is 0.750. The highest BCUT2D eigenvalue weighted by Crippen LogP contribution is 2.29. The Kier molecular flexibility index (Phi) is 9.67. The van der Waals surface area contributed by atoms with E-state index in [-0.39, 0.29) is 0 Å². The average Bonchev–Trinajstić information content (AvgIpc) is 2.21. The zero-order chi connectivity index (χ0) is 10.8. The standard InChI is InChI=1S/C9H18ClN.O2S/c1-2-8-3-5-9(6-4-8)7-11-10;1-3-2/h8-9,11H,2-7H2,1H3;. The summed E-state index contributed by atoms with van der Waals surface area (Å²) in [7, 11) is 0. The Bertz CT molecular complexity index is 166. The largest absolute Gasteiger partial charge is 0.335 e. The Balaban J connectivity index is 0.000000500. The van der Waals surface area contributed by atoms with Gasteiger partial charge < -0.3 is 0 Å². The highest BCUT2D eigenvalue weighted by atomic mass is 35.5. The maximum atomic E-state index is 8.29. The van der Waals surface area contributed by atoms with Crippen LogP contribution < -0.4 is 4.84 Å². The lowest BCUT2D eigenvalue weighted by molar-refractivity contribution is 0.270. The van der Waals surface area contributed by atoms with Crippen molar-refractivity contribution < 1.29 is 8.42 Å². The van der Waals surface area contributed by atoms with Crippen LogP contribution in [-0.2, 0) is 11.6 Å². The first kappa shape index (κ1) is 14.1. The van der Waals surface area contributed by atoms with E-state index < -0.39 is 11.6 Å². The van der Waals surface area contributed by atoms with Crippen LogP contribution in [-0.4, -0.2) is 15.0 Å². The Morgan fingerprint density at radius 2 is 1.64 bits per heavy atom. The van der Waals surface area contributed by atoms with Crippen LogP contribution in [0.3, 0.4) is 0 Å². The first-order chi connectivity index (χ1) is 6.78. The molecule has 0 saturated heterocycles. The summed E-state index contributed by atoms with van der Waals surface area (Å²) >= 11 is 4.71. The predicted octanol–water partition coefficient (Wildman–Crippen LogP) is 2.28. The van der Waals surface area contributed by atoms with Gasteiger partial charge in [-0.25, -0.2) is 4.84 Å². The van der Waals surface area contributed by atoms with Crippen molar-refractivity contribution in [1.29, 1.82) is 0 Å². The first-order valence-corrected chi connectivity index (χ1v) is 6.08. The monoisotopic (exact) mass is 239 g/mol. The van der Waals surface area contributed by atoms with E-state index >= 15 is 0 Å². The second kappa shape index (κ2) is 9.62. The van der Waals surface area contributed by atoms with Gasteiger partial charge in [0.2, 0.25) is 0 Å². The van der Waals surface area contributed by atoms with Gasteiger partial charge in [-0.2, -0.15) is 8.42 Å². The fourth-order valence-corrected chi connectivity index (χ4v) is 2.17. The molecule has 1 aliphatic rings. The molecule has 0 aromatic rings. The van der Waals surface area contributed by atoms with Crippen LogP contribution in [0, 0.1) is 11.8 Å². The van der Waals surface area contributed by atoms with E-state index in [0.29, 0.717) is 0 Å². The quantitative estimate of drug-likeness (QED) is 0.769. The van der Waals surface area contributed by atoms with Gasteiger partial charge in [-0.15, -0.1) is 0 Å². The lowest BCUT2D eigenvalue weighted by Crippen LogP contribution is -2.21. The normalized spacial score (nSPS) is 26.1. The summed E-state index contributed by atoms with van der Waals surface area (Å²) in [6.45, 7) is 3.29. The highest BCUT2D eigenvalue weighted by molar-refractivity contribution is 7.51. The van der Waals surface area contributed by atoms with Crippen LogP contribution in [0.1, 0.15) is 39.0 Å².